The molecule has 1 aliphatic rings. The Kier molecular flexibility index (Phi) is 6.90. The summed E-state index contributed by atoms with van der Waals surface area (Å²) in [6.07, 6.45) is 7.78. The van der Waals surface area contributed by atoms with Crippen LogP contribution < -0.4 is 5.32 Å². The van der Waals surface area contributed by atoms with E-state index >= 15 is 0 Å². The van der Waals surface area contributed by atoms with Crippen LogP contribution in [0.15, 0.2) is 36.7 Å². The highest BCUT2D eigenvalue weighted by molar-refractivity contribution is 6.31. The molecule has 1 aliphatic carbocycles. The van der Waals surface area contributed by atoms with Gasteiger partial charge in [0.2, 0.25) is 0 Å². The fraction of sp³-hybridized carbons (Fsp3) is 0.471. The maximum Gasteiger partial charge on any atom is 0.0674 e. The molecule has 0 amide bonds. The van der Waals surface area contributed by atoms with E-state index in [1.807, 2.05) is 35.1 Å². The Morgan fingerprint density at radius 2 is 1.96 bits per heavy atom. The highest BCUT2D eigenvalue weighted by Crippen LogP contribution is 2.19. The summed E-state index contributed by atoms with van der Waals surface area (Å²) in [5.41, 5.74) is 2.26. The minimum absolute atomic E-state index is 0. The van der Waals surface area contributed by atoms with E-state index in [-0.39, 0.29) is 18.5 Å². The van der Waals surface area contributed by atoms with Gasteiger partial charge in [0, 0.05) is 29.4 Å². The van der Waals surface area contributed by atoms with E-state index in [0.29, 0.717) is 12.6 Å². The minimum Gasteiger partial charge on any atom is -0.393 e. The van der Waals surface area contributed by atoms with Gasteiger partial charge in [-0.2, -0.15) is 5.10 Å². The Hall–Kier alpha value is -1.07. The zero-order valence-corrected chi connectivity index (χ0v) is 14.6. The summed E-state index contributed by atoms with van der Waals surface area (Å²) in [4.78, 5) is 0. The van der Waals surface area contributed by atoms with Crippen molar-refractivity contribution in [2.24, 2.45) is 0 Å². The molecule has 1 saturated carbocycles. The zero-order valence-electron chi connectivity index (χ0n) is 13.0. The van der Waals surface area contributed by atoms with Crippen LogP contribution in [0.5, 0.6) is 0 Å². The van der Waals surface area contributed by atoms with Crippen molar-refractivity contribution in [1.29, 1.82) is 0 Å². The van der Waals surface area contributed by atoms with Gasteiger partial charge in [-0.05, 0) is 37.3 Å². The Balaban J connectivity index is 0.00000192. The lowest BCUT2D eigenvalue weighted by molar-refractivity contribution is 0.116. The van der Waals surface area contributed by atoms with Crippen LogP contribution in [0.1, 0.15) is 36.8 Å². The first kappa shape index (κ1) is 18.3. The van der Waals surface area contributed by atoms with Gasteiger partial charge in [0.15, 0.2) is 0 Å². The smallest absolute Gasteiger partial charge is 0.0674 e. The normalized spacial score (nSPS) is 21.0. The van der Waals surface area contributed by atoms with Crippen LogP contribution in [-0.4, -0.2) is 27.0 Å². The van der Waals surface area contributed by atoms with E-state index in [4.69, 9.17) is 11.6 Å². The van der Waals surface area contributed by atoms with Crippen molar-refractivity contribution < 1.29 is 5.11 Å². The predicted octanol–water partition coefficient (Wildman–Crippen LogP) is 3.40. The number of nitrogens with zero attached hydrogens (tertiary/aromatic N) is 2. The Morgan fingerprint density at radius 3 is 2.70 bits per heavy atom. The van der Waals surface area contributed by atoms with Crippen molar-refractivity contribution in [3.05, 3.63) is 52.8 Å². The third-order valence-corrected chi connectivity index (χ3v) is 4.64. The summed E-state index contributed by atoms with van der Waals surface area (Å²) < 4.78 is 1.92. The van der Waals surface area contributed by atoms with E-state index in [0.717, 1.165) is 42.8 Å². The summed E-state index contributed by atoms with van der Waals surface area (Å²) in [7, 11) is 0. The summed E-state index contributed by atoms with van der Waals surface area (Å²) in [5, 5.41) is 18.3. The molecule has 23 heavy (non-hydrogen) atoms. The monoisotopic (exact) mass is 355 g/mol. The number of aliphatic hydroxyl groups excluding tert-OH is 1. The third kappa shape index (κ3) is 5.21. The first-order chi connectivity index (χ1) is 10.7. The fourth-order valence-electron chi connectivity index (χ4n) is 2.93. The quantitative estimate of drug-likeness (QED) is 0.863. The number of hydrogen-bond donors (Lipinski definition) is 2. The molecule has 0 radical (unpaired) electrons. The Labute approximate surface area is 148 Å². The van der Waals surface area contributed by atoms with Crippen LogP contribution in [0.4, 0.5) is 0 Å². The van der Waals surface area contributed by atoms with Crippen molar-refractivity contribution in [1.82, 2.24) is 15.1 Å². The molecule has 2 aromatic rings. The number of halogens is 2. The van der Waals surface area contributed by atoms with Gasteiger partial charge in [0.1, 0.15) is 0 Å². The van der Waals surface area contributed by atoms with Crippen molar-refractivity contribution in [2.75, 3.05) is 0 Å². The maximum absolute atomic E-state index is 9.53. The SMILES string of the molecule is Cl.OC1CCC(NCc2cnn(Cc3ccccc3Cl)c2)CC1. The molecule has 0 spiro atoms. The highest BCUT2D eigenvalue weighted by Gasteiger charge is 2.18. The van der Waals surface area contributed by atoms with E-state index in [9.17, 15) is 5.11 Å². The minimum atomic E-state index is -0.101. The first-order valence-corrected chi connectivity index (χ1v) is 8.24. The van der Waals surface area contributed by atoms with Crippen LogP contribution in [0, 0.1) is 0 Å². The number of hydrogen-bond acceptors (Lipinski definition) is 3. The average molecular weight is 356 g/mol. The number of benzene rings is 1. The fourth-order valence-corrected chi connectivity index (χ4v) is 3.12. The van der Waals surface area contributed by atoms with Crippen LogP contribution in [-0.2, 0) is 13.1 Å². The molecule has 1 fully saturated rings. The van der Waals surface area contributed by atoms with E-state index in [1.54, 1.807) is 0 Å². The molecule has 0 unspecified atom stereocenters. The van der Waals surface area contributed by atoms with Crippen molar-refractivity contribution >= 4 is 24.0 Å². The van der Waals surface area contributed by atoms with Gasteiger partial charge in [-0.3, -0.25) is 4.68 Å². The van der Waals surface area contributed by atoms with Gasteiger partial charge in [0.05, 0.1) is 18.8 Å². The number of rotatable bonds is 5. The second-order valence-electron chi connectivity index (χ2n) is 6.02. The Morgan fingerprint density at radius 1 is 1.22 bits per heavy atom. The van der Waals surface area contributed by atoms with Crippen LogP contribution >= 0.6 is 24.0 Å². The molecule has 0 saturated heterocycles. The van der Waals surface area contributed by atoms with Crippen molar-refractivity contribution in [3.63, 3.8) is 0 Å². The standard InChI is InChI=1S/C17H22ClN3O.ClH/c18-17-4-2-1-3-14(17)12-21-11-13(10-20-21)9-19-15-5-7-16(22)8-6-15;/h1-4,10-11,15-16,19,22H,5-9,12H2;1H. The summed E-state index contributed by atoms with van der Waals surface area (Å²) in [6.45, 7) is 1.51. The second-order valence-corrected chi connectivity index (χ2v) is 6.43. The summed E-state index contributed by atoms with van der Waals surface area (Å²) in [5.74, 6) is 0. The van der Waals surface area contributed by atoms with Crippen molar-refractivity contribution in [2.45, 2.75) is 50.9 Å². The lowest BCUT2D eigenvalue weighted by Crippen LogP contribution is -2.34. The molecule has 1 aromatic heterocycles. The van der Waals surface area contributed by atoms with Gasteiger partial charge >= 0.3 is 0 Å². The number of aliphatic hydroxyl groups is 1. The van der Waals surface area contributed by atoms with Gasteiger partial charge in [-0.15, -0.1) is 12.4 Å². The highest BCUT2D eigenvalue weighted by atomic mass is 35.5. The molecule has 4 nitrogen and oxygen atoms in total. The second kappa shape index (κ2) is 8.69. The largest absolute Gasteiger partial charge is 0.393 e. The number of aromatic nitrogens is 2. The van der Waals surface area contributed by atoms with Crippen LogP contribution in [0.3, 0.4) is 0 Å². The van der Waals surface area contributed by atoms with Gasteiger partial charge < -0.3 is 10.4 Å². The van der Waals surface area contributed by atoms with Gasteiger partial charge in [0.25, 0.3) is 0 Å². The molecule has 0 atom stereocenters. The molecule has 1 aromatic carbocycles. The van der Waals surface area contributed by atoms with Gasteiger partial charge in [-0.25, -0.2) is 0 Å². The van der Waals surface area contributed by atoms with Crippen molar-refractivity contribution in [3.8, 4) is 0 Å². The first-order valence-electron chi connectivity index (χ1n) is 7.87. The molecule has 0 bridgehead atoms. The average Bonchev–Trinajstić information content (AvgIpc) is 2.97. The molecular weight excluding hydrogens is 333 g/mol. The summed E-state index contributed by atoms with van der Waals surface area (Å²) >= 11 is 6.18. The number of nitrogens with one attached hydrogen (secondary N) is 1. The molecule has 6 heteroatoms. The zero-order chi connectivity index (χ0) is 15.4. The molecule has 2 N–H and O–H groups in total. The summed E-state index contributed by atoms with van der Waals surface area (Å²) in [6, 6.07) is 8.36. The maximum atomic E-state index is 9.53. The Bertz CT molecular complexity index is 609. The molecule has 126 valence electrons. The molecular formula is C17H23Cl2N3O. The lowest BCUT2D eigenvalue weighted by atomic mass is 9.93. The van der Waals surface area contributed by atoms with Crippen LogP contribution in [0.2, 0.25) is 5.02 Å². The van der Waals surface area contributed by atoms with Crippen LogP contribution in [0.25, 0.3) is 0 Å². The topological polar surface area (TPSA) is 50.1 Å². The predicted molar refractivity (Wildman–Crippen MR) is 95.1 cm³/mol. The molecule has 0 aliphatic heterocycles. The van der Waals surface area contributed by atoms with Gasteiger partial charge in [-0.1, -0.05) is 29.8 Å². The molecule has 1 heterocycles. The van der Waals surface area contributed by atoms with E-state index in [1.165, 1.54) is 5.56 Å². The van der Waals surface area contributed by atoms with E-state index in [2.05, 4.69) is 16.6 Å². The van der Waals surface area contributed by atoms with E-state index < -0.39 is 0 Å². The third-order valence-electron chi connectivity index (χ3n) is 4.27. The molecule has 3 rings (SSSR count). The lowest BCUT2D eigenvalue weighted by Gasteiger charge is -2.26.